The molecular weight excluding hydrogens is 773 g/mol. The van der Waals surface area contributed by atoms with Crippen molar-refractivity contribution in [2.75, 3.05) is 0 Å². The van der Waals surface area contributed by atoms with Crippen LogP contribution < -0.4 is 4.43 Å². The van der Waals surface area contributed by atoms with Crippen LogP contribution in [0.4, 0.5) is 5.69 Å². The fourth-order valence-corrected chi connectivity index (χ4v) is 10.6. The summed E-state index contributed by atoms with van der Waals surface area (Å²) in [7, 11) is 7.52. The summed E-state index contributed by atoms with van der Waals surface area (Å²) in [6, 6.07) is 31.6. The standard InChI is InChI=1S/C45H58NOSi.CH3.2ClH.Zr/c1-12-13-23-41(46-43-35(30(2)3)19-16-20-36(43)31(4)5)39-18-14-15-24-42(39)47-48(10,11)44-32(6)29-40-37(21-17-22-38(40)44)33-25-27-34(28-26-33)45(7,8)9;;;;/h14-22,24-31,41,44H,12-13,23H2,1-11H3;1H3;2*1H;/q2*-1;;;+4/p-2. The zero-order valence-electron chi connectivity index (χ0n) is 33.7. The summed E-state index contributed by atoms with van der Waals surface area (Å²) >= 11 is -0.826. The average Bonchev–Trinajstić information content (AvgIpc) is 3.43. The molecule has 0 saturated carbocycles. The van der Waals surface area contributed by atoms with Crippen LogP contribution >= 0.6 is 17.0 Å². The summed E-state index contributed by atoms with van der Waals surface area (Å²) < 4.78 is 7.34. The van der Waals surface area contributed by atoms with Crippen molar-refractivity contribution >= 4 is 37.1 Å². The number of hydrogen-bond acceptors (Lipinski definition) is 1. The summed E-state index contributed by atoms with van der Waals surface area (Å²) in [4.78, 5) is 0. The molecule has 1 aliphatic carbocycles. The minimum absolute atomic E-state index is 0. The molecule has 0 saturated heterocycles. The van der Waals surface area contributed by atoms with Crippen LogP contribution in [0.5, 0.6) is 5.75 Å². The molecule has 0 fully saturated rings. The van der Waals surface area contributed by atoms with Crippen molar-refractivity contribution in [3.63, 3.8) is 0 Å². The second-order valence-electron chi connectivity index (χ2n) is 16.2. The van der Waals surface area contributed by atoms with Gasteiger partial charge in [-0.3, -0.25) is 0 Å². The molecule has 5 rings (SSSR count). The monoisotopic (exact) mass is 831 g/mol. The molecule has 1 aliphatic rings. The SMILES string of the molecule is CCCCC([N-]c1c(C(C)C)cccc1C(C)C)c1ccccc1O[Si](C)(C)C1C(C)=Cc2c(-c3ccc(C(C)(C)C)cc3)cccc21.[CH3-].[Cl][Zr+2][Cl]. The first-order valence-corrected chi connectivity index (χ1v) is 28.0. The molecule has 6 heteroatoms. The van der Waals surface area contributed by atoms with Crippen LogP contribution in [0.2, 0.25) is 13.1 Å². The first-order valence-electron chi connectivity index (χ1n) is 18.6. The van der Waals surface area contributed by atoms with Crippen LogP contribution in [0, 0.1) is 7.43 Å². The second-order valence-corrected chi connectivity index (χ2v) is 23.9. The van der Waals surface area contributed by atoms with Crippen LogP contribution in [0.15, 0.2) is 90.5 Å². The molecule has 0 radical (unpaired) electrons. The van der Waals surface area contributed by atoms with Gasteiger partial charge in [-0.2, -0.15) is 0 Å². The maximum atomic E-state index is 7.34. The molecule has 278 valence electrons. The van der Waals surface area contributed by atoms with Gasteiger partial charge in [-0.15, -0.1) is 5.69 Å². The van der Waals surface area contributed by atoms with E-state index in [1.54, 1.807) is 0 Å². The first kappa shape index (κ1) is 44.3. The predicted molar refractivity (Wildman–Crippen MR) is 230 cm³/mol. The summed E-state index contributed by atoms with van der Waals surface area (Å²) in [5, 5.41) is 5.64. The van der Waals surface area contributed by atoms with Gasteiger partial charge in [-0.05, 0) is 76.7 Å². The normalized spacial score (nSPS) is 14.4. The van der Waals surface area contributed by atoms with Crippen molar-refractivity contribution in [3.8, 4) is 16.9 Å². The third kappa shape index (κ3) is 10.6. The zero-order chi connectivity index (χ0) is 37.5. The van der Waals surface area contributed by atoms with Crippen molar-refractivity contribution in [1.82, 2.24) is 0 Å². The van der Waals surface area contributed by atoms with E-state index < -0.39 is 29.2 Å². The van der Waals surface area contributed by atoms with E-state index in [1.165, 1.54) is 55.8 Å². The molecular formula is C46H61Cl2NOSiZr. The maximum absolute atomic E-state index is 7.34. The first-order chi connectivity index (χ1) is 24.1. The Morgan fingerprint density at radius 1 is 0.808 bits per heavy atom. The number of para-hydroxylation sites is 2. The number of benzene rings is 4. The molecule has 52 heavy (non-hydrogen) atoms. The van der Waals surface area contributed by atoms with Crippen molar-refractivity contribution in [1.29, 1.82) is 0 Å². The molecule has 2 atom stereocenters. The molecule has 0 spiro atoms. The Morgan fingerprint density at radius 3 is 1.92 bits per heavy atom. The van der Waals surface area contributed by atoms with E-state index in [0.717, 1.165) is 25.0 Å². The molecule has 0 N–H and O–H groups in total. The number of allylic oxidation sites excluding steroid dienone is 1. The Morgan fingerprint density at radius 2 is 1.37 bits per heavy atom. The van der Waals surface area contributed by atoms with Crippen molar-refractivity contribution in [2.45, 2.75) is 124 Å². The summed E-state index contributed by atoms with van der Waals surface area (Å²) in [6.45, 7) is 25.3. The van der Waals surface area contributed by atoms with Gasteiger partial charge >= 0.3 is 37.9 Å². The average molecular weight is 834 g/mol. The molecule has 0 bridgehead atoms. The Kier molecular flexibility index (Phi) is 16.6. The van der Waals surface area contributed by atoms with E-state index in [4.69, 9.17) is 26.8 Å². The van der Waals surface area contributed by atoms with Crippen molar-refractivity contribution in [3.05, 3.63) is 137 Å². The van der Waals surface area contributed by atoms with Crippen LogP contribution in [0.25, 0.3) is 22.5 Å². The van der Waals surface area contributed by atoms with Gasteiger partial charge in [-0.25, -0.2) is 0 Å². The molecule has 0 amide bonds. The number of unbranched alkanes of at least 4 members (excludes halogenated alkanes) is 1. The molecule has 2 nitrogen and oxygen atoms in total. The fraction of sp³-hybridized carbons (Fsp3) is 0.413. The number of nitrogens with zero attached hydrogens (tertiary/aromatic N) is 1. The fourth-order valence-electron chi connectivity index (χ4n) is 7.57. The number of halogens is 2. The van der Waals surface area contributed by atoms with Gasteiger partial charge in [0.25, 0.3) is 8.32 Å². The van der Waals surface area contributed by atoms with Gasteiger partial charge in [0, 0.05) is 5.54 Å². The van der Waals surface area contributed by atoms with Crippen LogP contribution in [0.1, 0.15) is 138 Å². The van der Waals surface area contributed by atoms with Gasteiger partial charge < -0.3 is 17.2 Å². The Hall–Kier alpha value is -2.10. The summed E-state index contributed by atoms with van der Waals surface area (Å²) in [5.41, 5.74) is 13.6. The molecule has 4 aromatic carbocycles. The van der Waals surface area contributed by atoms with Gasteiger partial charge in [0.15, 0.2) is 0 Å². The van der Waals surface area contributed by atoms with Crippen LogP contribution in [-0.2, 0) is 26.3 Å². The van der Waals surface area contributed by atoms with Crippen molar-refractivity contribution in [2.24, 2.45) is 0 Å². The molecule has 4 aromatic rings. The van der Waals surface area contributed by atoms with Gasteiger partial charge in [0.1, 0.15) is 5.75 Å². The van der Waals surface area contributed by atoms with E-state index in [-0.39, 0.29) is 24.4 Å². The second kappa shape index (κ2) is 19.5. The van der Waals surface area contributed by atoms with E-state index in [2.05, 4.69) is 166 Å². The molecule has 0 aliphatic heterocycles. The Labute approximate surface area is 337 Å². The third-order valence-corrected chi connectivity index (χ3v) is 13.0. The quantitative estimate of drug-likeness (QED) is 0.103. The Bertz CT molecular complexity index is 1750. The number of fused-ring (bicyclic) bond motifs is 1. The van der Waals surface area contributed by atoms with Gasteiger partial charge in [0.2, 0.25) is 0 Å². The topological polar surface area (TPSA) is 23.3 Å². The summed E-state index contributed by atoms with van der Waals surface area (Å²) in [5.74, 6) is 1.82. The van der Waals surface area contributed by atoms with Crippen molar-refractivity contribution < 1.29 is 25.3 Å². The predicted octanol–water partition coefficient (Wildman–Crippen LogP) is 16.0. The third-order valence-electron chi connectivity index (χ3n) is 10.1. The minimum atomic E-state index is -2.35. The van der Waals surface area contributed by atoms with E-state index in [9.17, 15) is 0 Å². The molecule has 2 unspecified atom stereocenters. The van der Waals surface area contributed by atoms with Gasteiger partial charge in [-0.1, -0.05) is 182 Å². The zero-order valence-corrected chi connectivity index (χ0v) is 38.7. The summed E-state index contributed by atoms with van der Waals surface area (Å²) in [6.07, 6.45) is 5.70. The van der Waals surface area contributed by atoms with E-state index in [1.807, 2.05) is 0 Å². The van der Waals surface area contributed by atoms with Crippen LogP contribution in [0.3, 0.4) is 0 Å². The molecule has 0 aromatic heterocycles. The van der Waals surface area contributed by atoms with Gasteiger partial charge in [0.05, 0.1) is 0 Å². The van der Waals surface area contributed by atoms with Crippen LogP contribution in [-0.4, -0.2) is 8.32 Å². The van der Waals surface area contributed by atoms with E-state index >= 15 is 0 Å². The number of hydrogen-bond donors (Lipinski definition) is 0. The number of rotatable bonds is 12. The van der Waals surface area contributed by atoms with E-state index in [0.29, 0.717) is 11.8 Å². The molecule has 0 heterocycles. The Balaban J connectivity index is 0.00000176.